The Labute approximate surface area is 103 Å². The van der Waals surface area contributed by atoms with Crippen molar-refractivity contribution in [1.82, 2.24) is 4.57 Å². The largest absolute Gasteiger partial charge is 0.385 e. The minimum atomic E-state index is 0.713. The van der Waals surface area contributed by atoms with Crippen LogP contribution in [-0.2, 0) is 0 Å². The number of rotatable bonds is 5. The summed E-state index contributed by atoms with van der Waals surface area (Å²) in [5.41, 5.74) is 2.39. The van der Waals surface area contributed by atoms with Gasteiger partial charge in [-0.1, -0.05) is 26.3 Å². The molecule has 0 aliphatic rings. The number of aromatic nitrogens is 1. The van der Waals surface area contributed by atoms with Gasteiger partial charge >= 0.3 is 0 Å². The summed E-state index contributed by atoms with van der Waals surface area (Å²) in [4.78, 5) is 0. The van der Waals surface area contributed by atoms with Gasteiger partial charge in [0, 0.05) is 30.3 Å². The zero-order valence-corrected chi connectivity index (χ0v) is 10.6. The Morgan fingerprint density at radius 3 is 2.65 bits per heavy atom. The van der Waals surface area contributed by atoms with Crippen molar-refractivity contribution in [3.63, 3.8) is 0 Å². The molecule has 2 rings (SSSR count). The zero-order valence-electron chi connectivity index (χ0n) is 10.6. The summed E-state index contributed by atoms with van der Waals surface area (Å²) in [7, 11) is 0. The number of hydrogen-bond acceptors (Lipinski definition) is 1. The number of hydrogen-bond donors (Lipinski definition) is 1. The van der Waals surface area contributed by atoms with Crippen LogP contribution in [0.2, 0.25) is 0 Å². The van der Waals surface area contributed by atoms with E-state index in [4.69, 9.17) is 0 Å². The first-order chi connectivity index (χ1) is 8.29. The van der Waals surface area contributed by atoms with Crippen LogP contribution in [-0.4, -0.2) is 11.1 Å². The van der Waals surface area contributed by atoms with Crippen molar-refractivity contribution in [3.8, 4) is 5.69 Å². The summed E-state index contributed by atoms with van der Waals surface area (Å²) >= 11 is 0. The van der Waals surface area contributed by atoms with Gasteiger partial charge in [-0.3, -0.25) is 0 Å². The quantitative estimate of drug-likeness (QED) is 0.820. The Hall–Kier alpha value is -1.70. The van der Waals surface area contributed by atoms with E-state index < -0.39 is 0 Å². The highest BCUT2D eigenvalue weighted by molar-refractivity contribution is 5.51. The second-order valence-electron chi connectivity index (χ2n) is 4.53. The first-order valence-electron chi connectivity index (χ1n) is 6.27. The van der Waals surface area contributed by atoms with E-state index in [2.05, 4.69) is 60.4 Å². The topological polar surface area (TPSA) is 17.0 Å². The van der Waals surface area contributed by atoms with E-state index in [0.29, 0.717) is 5.92 Å². The summed E-state index contributed by atoms with van der Waals surface area (Å²) in [5.74, 6) is 0.713. The van der Waals surface area contributed by atoms with Gasteiger partial charge in [0.05, 0.1) is 0 Å². The maximum Gasteiger partial charge on any atom is 0.0469 e. The van der Waals surface area contributed by atoms with Crippen LogP contribution in [0.5, 0.6) is 0 Å². The molecular formula is C15H20N2. The van der Waals surface area contributed by atoms with E-state index >= 15 is 0 Å². The lowest BCUT2D eigenvalue weighted by molar-refractivity contribution is 0.593. The third-order valence-corrected chi connectivity index (χ3v) is 3.10. The van der Waals surface area contributed by atoms with E-state index in [1.165, 1.54) is 17.8 Å². The van der Waals surface area contributed by atoms with Crippen LogP contribution < -0.4 is 5.32 Å². The Morgan fingerprint density at radius 2 is 1.94 bits per heavy atom. The van der Waals surface area contributed by atoms with Crippen LogP contribution in [0, 0.1) is 5.92 Å². The number of anilines is 1. The molecule has 0 bridgehead atoms. The minimum Gasteiger partial charge on any atom is -0.385 e. The molecule has 0 saturated heterocycles. The third kappa shape index (κ3) is 3.13. The summed E-state index contributed by atoms with van der Waals surface area (Å²) in [6.07, 6.45) is 5.34. The molecule has 0 spiro atoms. The van der Waals surface area contributed by atoms with Crippen LogP contribution in [0.15, 0.2) is 48.8 Å². The van der Waals surface area contributed by atoms with E-state index in [0.717, 1.165) is 6.54 Å². The lowest BCUT2D eigenvalue weighted by Gasteiger charge is -2.12. The van der Waals surface area contributed by atoms with Crippen molar-refractivity contribution in [2.45, 2.75) is 20.3 Å². The second kappa shape index (κ2) is 5.58. The fourth-order valence-electron chi connectivity index (χ4n) is 1.72. The van der Waals surface area contributed by atoms with Gasteiger partial charge in [-0.25, -0.2) is 0 Å². The first kappa shape index (κ1) is 11.8. The van der Waals surface area contributed by atoms with Crippen LogP contribution in [0.1, 0.15) is 20.3 Å². The lowest BCUT2D eigenvalue weighted by Crippen LogP contribution is -2.10. The summed E-state index contributed by atoms with van der Waals surface area (Å²) < 4.78 is 2.12. The van der Waals surface area contributed by atoms with Crippen LogP contribution >= 0.6 is 0 Å². The zero-order chi connectivity index (χ0) is 12.1. The SMILES string of the molecule is CCC(C)CNc1cccc(-n2cccc2)c1. The molecule has 2 nitrogen and oxygen atoms in total. The van der Waals surface area contributed by atoms with Gasteiger partial charge in [-0.2, -0.15) is 0 Å². The molecule has 0 radical (unpaired) electrons. The van der Waals surface area contributed by atoms with E-state index in [-0.39, 0.29) is 0 Å². The molecule has 1 heterocycles. The average Bonchev–Trinajstić information content (AvgIpc) is 2.90. The highest BCUT2D eigenvalue weighted by atomic mass is 14.9. The molecule has 0 aliphatic heterocycles. The standard InChI is InChI=1S/C15H20N2/c1-3-13(2)12-16-14-7-6-8-15(11-14)17-9-4-5-10-17/h4-11,13,16H,3,12H2,1-2H3. The van der Waals surface area contributed by atoms with Crippen LogP contribution in [0.3, 0.4) is 0 Å². The highest BCUT2D eigenvalue weighted by Gasteiger charge is 2.00. The minimum absolute atomic E-state index is 0.713. The van der Waals surface area contributed by atoms with E-state index in [1.54, 1.807) is 0 Å². The molecule has 1 aromatic carbocycles. The smallest absolute Gasteiger partial charge is 0.0469 e. The molecular weight excluding hydrogens is 208 g/mol. The Morgan fingerprint density at radius 1 is 1.18 bits per heavy atom. The maximum atomic E-state index is 3.48. The molecule has 1 aromatic heterocycles. The fraction of sp³-hybridized carbons (Fsp3) is 0.333. The average molecular weight is 228 g/mol. The summed E-state index contributed by atoms with van der Waals surface area (Å²) in [6.45, 7) is 5.52. The molecule has 2 aromatic rings. The fourth-order valence-corrected chi connectivity index (χ4v) is 1.72. The Balaban J connectivity index is 2.07. The van der Waals surface area contributed by atoms with Gasteiger partial charge in [-0.15, -0.1) is 0 Å². The Kier molecular flexibility index (Phi) is 3.86. The molecule has 90 valence electrons. The molecule has 2 heteroatoms. The number of benzene rings is 1. The number of nitrogens with zero attached hydrogens (tertiary/aromatic N) is 1. The van der Waals surface area contributed by atoms with E-state index in [1.807, 2.05) is 12.1 Å². The molecule has 0 amide bonds. The van der Waals surface area contributed by atoms with Gasteiger partial charge in [0.1, 0.15) is 0 Å². The van der Waals surface area contributed by atoms with Crippen LogP contribution in [0.25, 0.3) is 5.69 Å². The maximum absolute atomic E-state index is 3.48. The normalized spacial score (nSPS) is 12.4. The van der Waals surface area contributed by atoms with Gasteiger partial charge in [0.25, 0.3) is 0 Å². The first-order valence-corrected chi connectivity index (χ1v) is 6.27. The molecule has 1 unspecified atom stereocenters. The third-order valence-electron chi connectivity index (χ3n) is 3.10. The molecule has 17 heavy (non-hydrogen) atoms. The van der Waals surface area contributed by atoms with Crippen molar-refractivity contribution >= 4 is 5.69 Å². The van der Waals surface area contributed by atoms with Crippen molar-refractivity contribution in [2.24, 2.45) is 5.92 Å². The van der Waals surface area contributed by atoms with Gasteiger partial charge < -0.3 is 9.88 Å². The van der Waals surface area contributed by atoms with Gasteiger partial charge in [0.15, 0.2) is 0 Å². The predicted octanol–water partition coefficient (Wildman–Crippen LogP) is 3.94. The van der Waals surface area contributed by atoms with Crippen LogP contribution in [0.4, 0.5) is 5.69 Å². The Bertz CT molecular complexity index is 446. The molecule has 0 aliphatic carbocycles. The summed E-state index contributed by atoms with van der Waals surface area (Å²) in [6, 6.07) is 12.6. The van der Waals surface area contributed by atoms with Crippen molar-refractivity contribution < 1.29 is 0 Å². The summed E-state index contributed by atoms with van der Waals surface area (Å²) in [5, 5.41) is 3.48. The molecule has 1 atom stereocenters. The highest BCUT2D eigenvalue weighted by Crippen LogP contribution is 2.15. The van der Waals surface area contributed by atoms with Crippen molar-refractivity contribution in [3.05, 3.63) is 48.8 Å². The van der Waals surface area contributed by atoms with Gasteiger partial charge in [-0.05, 0) is 36.2 Å². The monoisotopic (exact) mass is 228 g/mol. The molecule has 0 saturated carbocycles. The predicted molar refractivity (Wildman–Crippen MR) is 73.7 cm³/mol. The molecule has 1 N–H and O–H groups in total. The number of nitrogens with one attached hydrogen (secondary N) is 1. The molecule has 0 fully saturated rings. The second-order valence-corrected chi connectivity index (χ2v) is 4.53. The van der Waals surface area contributed by atoms with Gasteiger partial charge in [0.2, 0.25) is 0 Å². The van der Waals surface area contributed by atoms with Crippen molar-refractivity contribution in [2.75, 3.05) is 11.9 Å². The van der Waals surface area contributed by atoms with E-state index in [9.17, 15) is 0 Å². The lowest BCUT2D eigenvalue weighted by atomic mass is 10.1. The van der Waals surface area contributed by atoms with Crippen molar-refractivity contribution in [1.29, 1.82) is 0 Å².